The number of thiophene rings is 1. The highest BCUT2D eigenvalue weighted by Gasteiger charge is 2.16. The van der Waals surface area contributed by atoms with E-state index in [1.54, 1.807) is 12.1 Å². The molecule has 0 fully saturated rings. The highest BCUT2D eigenvalue weighted by Crippen LogP contribution is 2.39. The summed E-state index contributed by atoms with van der Waals surface area (Å²) >= 11 is 1.52. The second kappa shape index (κ2) is 11.4. The zero-order valence-electron chi connectivity index (χ0n) is 17.9. The first-order chi connectivity index (χ1) is 16.0. The number of ketones is 1. The molecule has 3 rings (SSSR count). The number of aliphatic hydroxyl groups excluding tert-OH is 2. The van der Waals surface area contributed by atoms with Gasteiger partial charge in [0.15, 0.2) is 5.78 Å². The molecule has 0 bridgehead atoms. The van der Waals surface area contributed by atoms with Crippen LogP contribution in [-0.2, 0) is 0 Å². The molecule has 0 aliphatic carbocycles. The number of allylic oxidation sites excluding steroid dienone is 1. The number of aliphatic hydroxyl groups is 2. The summed E-state index contributed by atoms with van der Waals surface area (Å²) in [5.74, 6) is -0.714. The Morgan fingerprint density at radius 3 is 2.30 bits per heavy atom. The van der Waals surface area contributed by atoms with Crippen molar-refractivity contribution in [3.63, 3.8) is 0 Å². The van der Waals surface area contributed by atoms with Gasteiger partial charge in [0, 0.05) is 33.6 Å². The number of rotatable bonds is 11. The van der Waals surface area contributed by atoms with Crippen molar-refractivity contribution in [2.45, 2.75) is 0 Å². The molecule has 2 aromatic carbocycles. The highest BCUT2D eigenvalue weighted by atomic mass is 32.1. The van der Waals surface area contributed by atoms with Crippen molar-refractivity contribution in [2.24, 2.45) is 5.92 Å². The molecule has 0 saturated heterocycles. The Morgan fingerprint density at radius 1 is 1.03 bits per heavy atom. The van der Waals surface area contributed by atoms with Gasteiger partial charge < -0.3 is 24.8 Å². The monoisotopic (exact) mass is 468 g/mol. The molecule has 7 nitrogen and oxygen atoms in total. The normalized spacial score (nSPS) is 11.2. The molecular formula is C25H24O7S. The first-order valence-electron chi connectivity index (χ1n) is 10.1. The molecule has 0 atom stereocenters. The predicted molar refractivity (Wildman–Crippen MR) is 126 cm³/mol. The van der Waals surface area contributed by atoms with Crippen LogP contribution < -0.4 is 9.47 Å². The minimum Gasteiger partial charge on any atom is -0.496 e. The van der Waals surface area contributed by atoms with E-state index in [4.69, 9.17) is 14.6 Å². The fraction of sp³-hybridized carbons (Fsp3) is 0.200. The van der Waals surface area contributed by atoms with Crippen molar-refractivity contribution < 1.29 is 34.4 Å². The van der Waals surface area contributed by atoms with Gasteiger partial charge in [0.1, 0.15) is 11.5 Å². The van der Waals surface area contributed by atoms with E-state index in [9.17, 15) is 19.8 Å². The Bertz CT molecular complexity index is 1110. The van der Waals surface area contributed by atoms with Crippen LogP contribution in [0.4, 0.5) is 0 Å². The molecule has 0 spiro atoms. The Kier molecular flexibility index (Phi) is 8.37. The fourth-order valence-corrected chi connectivity index (χ4v) is 3.79. The molecule has 33 heavy (non-hydrogen) atoms. The van der Waals surface area contributed by atoms with Gasteiger partial charge in [-0.2, -0.15) is 0 Å². The second-order valence-electron chi connectivity index (χ2n) is 7.19. The topological polar surface area (TPSA) is 113 Å². The van der Waals surface area contributed by atoms with Crippen molar-refractivity contribution in [3.05, 3.63) is 76.7 Å². The van der Waals surface area contributed by atoms with Gasteiger partial charge >= 0.3 is 5.97 Å². The lowest BCUT2D eigenvalue weighted by Gasteiger charge is -2.17. The largest absolute Gasteiger partial charge is 0.496 e. The van der Waals surface area contributed by atoms with Gasteiger partial charge in [-0.15, -0.1) is 11.3 Å². The standard InChI is InChI=1S/C25H24O7S/c1-31-22-12-23(32-15-16(13-26)14-27)20(24-3-2-10-33-24)11-19(22)8-9-21(28)17-4-6-18(7-5-17)25(29)30/h2-12,16,26-27H,13-15H2,1H3,(H,29,30). The average Bonchev–Trinajstić information content (AvgIpc) is 3.38. The van der Waals surface area contributed by atoms with Gasteiger partial charge in [0.05, 0.1) is 32.5 Å². The molecular weight excluding hydrogens is 444 g/mol. The van der Waals surface area contributed by atoms with E-state index in [1.807, 2.05) is 23.6 Å². The number of benzene rings is 2. The van der Waals surface area contributed by atoms with Gasteiger partial charge in [0.2, 0.25) is 0 Å². The summed E-state index contributed by atoms with van der Waals surface area (Å²) in [7, 11) is 1.51. The second-order valence-corrected chi connectivity index (χ2v) is 8.14. The molecule has 3 aromatic rings. The summed E-state index contributed by atoms with van der Waals surface area (Å²) in [4.78, 5) is 24.5. The zero-order chi connectivity index (χ0) is 23.8. The van der Waals surface area contributed by atoms with E-state index >= 15 is 0 Å². The third kappa shape index (κ3) is 6.07. The summed E-state index contributed by atoms with van der Waals surface area (Å²) in [6.07, 6.45) is 3.04. The van der Waals surface area contributed by atoms with E-state index in [0.29, 0.717) is 22.6 Å². The minimum absolute atomic E-state index is 0.109. The number of carboxylic acids is 1. The van der Waals surface area contributed by atoms with E-state index < -0.39 is 11.9 Å². The first-order valence-corrected chi connectivity index (χ1v) is 11.0. The van der Waals surface area contributed by atoms with E-state index in [1.165, 1.54) is 48.8 Å². The van der Waals surface area contributed by atoms with Crippen molar-refractivity contribution >= 4 is 29.2 Å². The number of methoxy groups -OCH3 is 1. The molecule has 0 unspecified atom stereocenters. The zero-order valence-corrected chi connectivity index (χ0v) is 18.7. The number of ether oxygens (including phenoxy) is 2. The van der Waals surface area contributed by atoms with Gasteiger partial charge in [-0.1, -0.05) is 18.2 Å². The first kappa shape index (κ1) is 24.2. The summed E-state index contributed by atoms with van der Waals surface area (Å²) in [5, 5.41) is 29.6. The Hall–Kier alpha value is -3.46. The van der Waals surface area contributed by atoms with Crippen LogP contribution in [0.15, 0.2) is 60.0 Å². The molecule has 0 saturated carbocycles. The molecule has 1 heterocycles. The Balaban J connectivity index is 1.91. The van der Waals surface area contributed by atoms with Crippen LogP contribution in [0, 0.1) is 5.92 Å². The molecule has 1 aromatic heterocycles. The highest BCUT2D eigenvalue weighted by molar-refractivity contribution is 7.13. The number of aromatic carboxylic acids is 1. The maximum atomic E-state index is 12.6. The number of hydrogen-bond donors (Lipinski definition) is 3. The molecule has 0 amide bonds. The number of carbonyl (C=O) groups is 2. The molecule has 8 heteroatoms. The van der Waals surface area contributed by atoms with Crippen LogP contribution >= 0.6 is 11.3 Å². The van der Waals surface area contributed by atoms with Crippen LogP contribution in [0.3, 0.4) is 0 Å². The molecule has 0 radical (unpaired) electrons. The lowest BCUT2D eigenvalue weighted by Crippen LogP contribution is -2.20. The van der Waals surface area contributed by atoms with Crippen molar-refractivity contribution in [3.8, 4) is 21.9 Å². The summed E-state index contributed by atoms with van der Waals surface area (Å²) in [6, 6.07) is 13.1. The molecule has 0 aliphatic heterocycles. The van der Waals surface area contributed by atoms with Crippen molar-refractivity contribution in [1.82, 2.24) is 0 Å². The van der Waals surface area contributed by atoms with Crippen LogP contribution in [0.5, 0.6) is 11.5 Å². The lowest BCUT2D eigenvalue weighted by atomic mass is 10.0. The predicted octanol–water partition coefficient (Wildman–Crippen LogP) is 4.00. The van der Waals surface area contributed by atoms with Gasteiger partial charge in [0.25, 0.3) is 0 Å². The quantitative estimate of drug-likeness (QED) is 0.288. The summed E-state index contributed by atoms with van der Waals surface area (Å²) < 4.78 is 11.4. The van der Waals surface area contributed by atoms with Crippen LogP contribution in [0.25, 0.3) is 16.5 Å². The summed E-state index contributed by atoms with van der Waals surface area (Å²) in [6.45, 7) is -0.259. The Morgan fingerprint density at radius 2 is 1.73 bits per heavy atom. The number of carboxylic acid groups (broad SMARTS) is 1. The maximum Gasteiger partial charge on any atom is 0.335 e. The minimum atomic E-state index is -1.05. The maximum absolute atomic E-state index is 12.6. The van der Waals surface area contributed by atoms with Crippen molar-refractivity contribution in [1.29, 1.82) is 0 Å². The number of carbonyl (C=O) groups excluding carboxylic acids is 1. The SMILES string of the molecule is COc1cc(OCC(CO)CO)c(-c2cccs2)cc1C=CC(=O)c1ccc(C(=O)O)cc1. The fourth-order valence-electron chi connectivity index (χ4n) is 3.04. The van der Waals surface area contributed by atoms with Crippen LogP contribution in [-0.4, -0.2) is 54.0 Å². The van der Waals surface area contributed by atoms with Crippen LogP contribution in [0.1, 0.15) is 26.3 Å². The van der Waals surface area contributed by atoms with E-state index in [2.05, 4.69) is 0 Å². The average molecular weight is 469 g/mol. The van der Waals surface area contributed by atoms with Crippen LogP contribution in [0.2, 0.25) is 0 Å². The molecule has 3 N–H and O–H groups in total. The van der Waals surface area contributed by atoms with Crippen molar-refractivity contribution in [2.75, 3.05) is 26.9 Å². The molecule has 172 valence electrons. The smallest absolute Gasteiger partial charge is 0.335 e. The van der Waals surface area contributed by atoms with Gasteiger partial charge in [-0.05, 0) is 41.8 Å². The third-order valence-electron chi connectivity index (χ3n) is 4.94. The van der Waals surface area contributed by atoms with E-state index in [-0.39, 0.29) is 31.2 Å². The third-order valence-corrected chi connectivity index (χ3v) is 5.84. The number of hydrogen-bond acceptors (Lipinski definition) is 7. The Labute approximate surface area is 195 Å². The molecule has 0 aliphatic rings. The van der Waals surface area contributed by atoms with Gasteiger partial charge in [-0.3, -0.25) is 4.79 Å². The summed E-state index contributed by atoms with van der Waals surface area (Å²) in [5.41, 5.74) is 1.92. The lowest BCUT2D eigenvalue weighted by molar-refractivity contribution is 0.0696. The van der Waals surface area contributed by atoms with E-state index in [0.717, 1.165) is 10.4 Å². The van der Waals surface area contributed by atoms with Gasteiger partial charge in [-0.25, -0.2) is 4.79 Å².